The second kappa shape index (κ2) is 4.99. The summed E-state index contributed by atoms with van der Waals surface area (Å²) in [5, 5.41) is 4.74. The normalized spacial score (nSPS) is 11.8. The molecule has 0 amide bonds. The first-order chi connectivity index (χ1) is 12.9. The van der Waals surface area contributed by atoms with Crippen LogP contribution in [0.15, 0.2) is 89.3 Å². The molecule has 1 N–H and O–H groups in total. The molecular weight excluding hydrogens is 318 g/mol. The minimum absolute atomic E-state index is 0.928. The highest BCUT2D eigenvalue weighted by Crippen LogP contribution is 2.38. The Labute approximate surface area is 149 Å². The van der Waals surface area contributed by atoms with E-state index in [1.807, 2.05) is 18.2 Å². The molecule has 6 aromatic rings. The van der Waals surface area contributed by atoms with E-state index in [1.54, 1.807) is 0 Å². The molecule has 0 aliphatic rings. The molecule has 4 aromatic carbocycles. The lowest BCUT2D eigenvalue weighted by Gasteiger charge is -2.03. The number of para-hydroxylation sites is 2. The van der Waals surface area contributed by atoms with Crippen molar-refractivity contribution >= 4 is 43.7 Å². The Balaban J connectivity index is 1.78. The van der Waals surface area contributed by atoms with Gasteiger partial charge < -0.3 is 9.40 Å². The number of nitrogens with one attached hydrogen (secondary N) is 1. The molecule has 0 fully saturated rings. The van der Waals surface area contributed by atoms with Crippen molar-refractivity contribution in [3.05, 3.63) is 84.9 Å². The number of benzene rings is 4. The topological polar surface area (TPSA) is 28.9 Å². The third-order valence-electron chi connectivity index (χ3n) is 5.24. The van der Waals surface area contributed by atoms with Gasteiger partial charge in [-0.15, -0.1) is 0 Å². The van der Waals surface area contributed by atoms with Gasteiger partial charge in [0.05, 0.1) is 11.0 Å². The van der Waals surface area contributed by atoms with Crippen LogP contribution in [0.5, 0.6) is 0 Å². The van der Waals surface area contributed by atoms with E-state index in [9.17, 15) is 0 Å². The highest BCUT2D eigenvalue weighted by atomic mass is 16.3. The zero-order chi connectivity index (χ0) is 17.1. The van der Waals surface area contributed by atoms with Crippen LogP contribution in [0.25, 0.3) is 54.9 Å². The number of furan rings is 1. The van der Waals surface area contributed by atoms with E-state index in [1.165, 1.54) is 21.9 Å². The van der Waals surface area contributed by atoms with E-state index in [0.29, 0.717) is 0 Å². The molecule has 0 bridgehead atoms. The van der Waals surface area contributed by atoms with E-state index in [2.05, 4.69) is 71.7 Å². The summed E-state index contributed by atoms with van der Waals surface area (Å²) in [7, 11) is 0. The standard InChI is InChI=1S/C24H15NO/c1-2-7-15(8-3-1)16-10-6-11-18-19-13-14-20-17-9-4-5-12-21(17)26-24(20)23(19)25-22(16)18/h1-14,25H. The third kappa shape index (κ3) is 1.76. The molecule has 0 atom stereocenters. The first kappa shape index (κ1) is 13.7. The third-order valence-corrected chi connectivity index (χ3v) is 5.24. The molecule has 26 heavy (non-hydrogen) atoms. The van der Waals surface area contributed by atoms with E-state index >= 15 is 0 Å². The molecule has 0 aliphatic heterocycles. The largest absolute Gasteiger partial charge is 0.454 e. The summed E-state index contributed by atoms with van der Waals surface area (Å²) >= 11 is 0. The maximum Gasteiger partial charge on any atom is 0.159 e. The minimum atomic E-state index is 0.928. The Hall–Kier alpha value is -3.52. The van der Waals surface area contributed by atoms with E-state index in [-0.39, 0.29) is 0 Å². The van der Waals surface area contributed by atoms with Crippen molar-refractivity contribution in [3.8, 4) is 11.1 Å². The van der Waals surface area contributed by atoms with Crippen molar-refractivity contribution in [3.63, 3.8) is 0 Å². The zero-order valence-electron chi connectivity index (χ0n) is 14.0. The van der Waals surface area contributed by atoms with Gasteiger partial charge in [-0.05, 0) is 17.7 Å². The Morgan fingerprint density at radius 3 is 2.19 bits per heavy atom. The van der Waals surface area contributed by atoms with E-state index < -0.39 is 0 Å². The summed E-state index contributed by atoms with van der Waals surface area (Å²) in [6, 6.07) is 29.6. The maximum absolute atomic E-state index is 6.21. The lowest BCUT2D eigenvalue weighted by atomic mass is 10.0. The number of hydrogen-bond donors (Lipinski definition) is 1. The fourth-order valence-corrected chi connectivity index (χ4v) is 4.03. The van der Waals surface area contributed by atoms with Gasteiger partial charge in [0.15, 0.2) is 5.58 Å². The van der Waals surface area contributed by atoms with Crippen LogP contribution in [-0.4, -0.2) is 4.98 Å². The van der Waals surface area contributed by atoms with Crippen LogP contribution in [0.2, 0.25) is 0 Å². The van der Waals surface area contributed by atoms with Gasteiger partial charge in [-0.2, -0.15) is 0 Å². The van der Waals surface area contributed by atoms with Crippen LogP contribution >= 0.6 is 0 Å². The molecule has 0 aliphatic carbocycles. The molecule has 0 unspecified atom stereocenters. The molecule has 0 spiro atoms. The molecule has 2 heterocycles. The summed E-state index contributed by atoms with van der Waals surface area (Å²) in [6.07, 6.45) is 0. The molecule has 0 radical (unpaired) electrons. The highest BCUT2D eigenvalue weighted by Gasteiger charge is 2.15. The lowest BCUT2D eigenvalue weighted by Crippen LogP contribution is -1.79. The number of aromatic amines is 1. The Bertz CT molecular complexity index is 1420. The van der Waals surface area contributed by atoms with Crippen molar-refractivity contribution in [2.75, 3.05) is 0 Å². The fourth-order valence-electron chi connectivity index (χ4n) is 4.03. The molecular formula is C24H15NO. The molecule has 2 heteroatoms. The smallest absolute Gasteiger partial charge is 0.159 e. The Morgan fingerprint density at radius 2 is 1.27 bits per heavy atom. The lowest BCUT2D eigenvalue weighted by molar-refractivity contribution is 0.672. The van der Waals surface area contributed by atoms with Crippen LogP contribution in [-0.2, 0) is 0 Å². The van der Waals surface area contributed by atoms with Gasteiger partial charge in [0.1, 0.15) is 5.58 Å². The summed E-state index contributed by atoms with van der Waals surface area (Å²) in [6.45, 7) is 0. The van der Waals surface area contributed by atoms with Crippen LogP contribution in [0.3, 0.4) is 0 Å². The average molecular weight is 333 g/mol. The molecule has 2 nitrogen and oxygen atoms in total. The second-order valence-electron chi connectivity index (χ2n) is 6.68. The maximum atomic E-state index is 6.21. The second-order valence-corrected chi connectivity index (χ2v) is 6.68. The number of aromatic nitrogens is 1. The zero-order valence-corrected chi connectivity index (χ0v) is 14.0. The van der Waals surface area contributed by atoms with Gasteiger partial charge in [0.2, 0.25) is 0 Å². The quantitative estimate of drug-likeness (QED) is 0.349. The first-order valence-electron chi connectivity index (χ1n) is 8.80. The Kier molecular flexibility index (Phi) is 2.64. The molecule has 6 rings (SSSR count). The first-order valence-corrected chi connectivity index (χ1v) is 8.80. The van der Waals surface area contributed by atoms with Crippen LogP contribution in [0.4, 0.5) is 0 Å². The van der Waals surface area contributed by atoms with Gasteiger partial charge in [0, 0.05) is 27.1 Å². The fraction of sp³-hybridized carbons (Fsp3) is 0. The van der Waals surface area contributed by atoms with Crippen molar-refractivity contribution in [2.24, 2.45) is 0 Å². The average Bonchev–Trinajstić information content (AvgIpc) is 3.27. The van der Waals surface area contributed by atoms with Crippen molar-refractivity contribution in [2.45, 2.75) is 0 Å². The highest BCUT2D eigenvalue weighted by molar-refractivity contribution is 6.21. The predicted molar refractivity (Wildman–Crippen MR) is 109 cm³/mol. The van der Waals surface area contributed by atoms with Crippen LogP contribution in [0.1, 0.15) is 0 Å². The molecule has 0 saturated heterocycles. The van der Waals surface area contributed by atoms with E-state index in [0.717, 1.165) is 33.0 Å². The minimum Gasteiger partial charge on any atom is -0.454 e. The summed E-state index contributed by atoms with van der Waals surface area (Å²) < 4.78 is 6.21. The number of H-pyrrole nitrogens is 1. The predicted octanol–water partition coefficient (Wildman–Crippen LogP) is 6.89. The van der Waals surface area contributed by atoms with Gasteiger partial charge in [-0.25, -0.2) is 0 Å². The van der Waals surface area contributed by atoms with Crippen molar-refractivity contribution < 1.29 is 4.42 Å². The van der Waals surface area contributed by atoms with Gasteiger partial charge in [0.25, 0.3) is 0 Å². The van der Waals surface area contributed by atoms with Gasteiger partial charge in [-0.1, -0.05) is 72.8 Å². The van der Waals surface area contributed by atoms with Crippen molar-refractivity contribution in [1.82, 2.24) is 4.98 Å². The molecule has 122 valence electrons. The number of hydrogen-bond acceptors (Lipinski definition) is 1. The van der Waals surface area contributed by atoms with Crippen molar-refractivity contribution in [1.29, 1.82) is 0 Å². The molecule has 0 saturated carbocycles. The number of fused-ring (bicyclic) bond motifs is 7. The summed E-state index contributed by atoms with van der Waals surface area (Å²) in [5.41, 5.74) is 6.50. The van der Waals surface area contributed by atoms with Gasteiger partial charge in [-0.3, -0.25) is 0 Å². The summed E-state index contributed by atoms with van der Waals surface area (Å²) in [5.74, 6) is 0. The SMILES string of the molecule is c1ccc(-c2cccc3c2[nH]c2c3ccc3c4ccccc4oc32)cc1. The van der Waals surface area contributed by atoms with Gasteiger partial charge >= 0.3 is 0 Å². The Morgan fingerprint density at radius 1 is 0.538 bits per heavy atom. The monoisotopic (exact) mass is 333 g/mol. The number of rotatable bonds is 1. The van der Waals surface area contributed by atoms with Crippen LogP contribution in [0, 0.1) is 0 Å². The van der Waals surface area contributed by atoms with E-state index in [4.69, 9.17) is 4.42 Å². The molecule has 2 aromatic heterocycles. The van der Waals surface area contributed by atoms with Crippen LogP contribution < -0.4 is 0 Å². The summed E-state index contributed by atoms with van der Waals surface area (Å²) in [4.78, 5) is 3.66.